The van der Waals surface area contributed by atoms with Crippen molar-refractivity contribution >= 4 is 5.97 Å². The normalized spacial score (nSPS) is 26.3. The van der Waals surface area contributed by atoms with Crippen LogP contribution >= 0.6 is 0 Å². The van der Waals surface area contributed by atoms with Crippen LogP contribution in [0.3, 0.4) is 0 Å². The first-order valence-electron chi connectivity index (χ1n) is 5.69. The number of benzene rings is 1. The molecule has 0 aromatic heterocycles. The monoisotopic (exact) mass is 232 g/mol. The Morgan fingerprint density at radius 1 is 1.53 bits per heavy atom. The van der Waals surface area contributed by atoms with Crippen molar-refractivity contribution in [1.29, 1.82) is 0 Å². The smallest absolute Gasteiger partial charge is 0.330 e. The summed E-state index contributed by atoms with van der Waals surface area (Å²) < 4.78 is 10.6. The van der Waals surface area contributed by atoms with Gasteiger partial charge in [-0.15, -0.1) is 0 Å². The molecule has 0 spiro atoms. The molecular weight excluding hydrogens is 216 g/mol. The Hall–Kier alpha value is -1.61. The minimum absolute atomic E-state index is 0.127. The number of epoxide rings is 1. The van der Waals surface area contributed by atoms with Crippen molar-refractivity contribution < 1.29 is 14.3 Å². The molecule has 17 heavy (non-hydrogen) atoms. The summed E-state index contributed by atoms with van der Waals surface area (Å²) in [5.74, 6) is -0.382. The molecule has 90 valence electrons. The molecule has 1 aliphatic heterocycles. The summed E-state index contributed by atoms with van der Waals surface area (Å²) in [4.78, 5) is 10.9. The Bertz CT molecular complexity index is 413. The van der Waals surface area contributed by atoms with Crippen LogP contribution in [0.1, 0.15) is 18.9 Å². The van der Waals surface area contributed by atoms with Gasteiger partial charge < -0.3 is 9.47 Å². The minimum atomic E-state index is -0.382. The Kier molecular flexibility index (Phi) is 3.29. The summed E-state index contributed by atoms with van der Waals surface area (Å²) in [7, 11) is 0. The summed E-state index contributed by atoms with van der Waals surface area (Å²) in [5, 5.41) is 0. The first-order valence-corrected chi connectivity index (χ1v) is 5.69. The lowest BCUT2D eigenvalue weighted by Crippen LogP contribution is -2.11. The zero-order valence-electron chi connectivity index (χ0n) is 9.89. The van der Waals surface area contributed by atoms with E-state index in [1.54, 1.807) is 0 Å². The lowest BCUT2D eigenvalue weighted by Gasteiger charge is -2.06. The predicted octanol–water partition coefficient (Wildman–Crippen LogP) is 2.42. The number of carbonyl (C=O) groups is 1. The van der Waals surface area contributed by atoms with Crippen LogP contribution in [-0.4, -0.2) is 18.7 Å². The highest BCUT2D eigenvalue weighted by molar-refractivity contribution is 5.81. The standard InChI is InChI=1S/C14H16O3/c1-3-13(15)16-10-9-12-14(2,17-12)11-7-5-4-6-8-11/h3-8,12H,1,9-10H2,2H3. The molecule has 0 amide bonds. The van der Waals surface area contributed by atoms with Crippen molar-refractivity contribution in [3.05, 3.63) is 48.6 Å². The van der Waals surface area contributed by atoms with Gasteiger partial charge in [0.25, 0.3) is 0 Å². The molecule has 1 saturated heterocycles. The average molecular weight is 232 g/mol. The van der Waals surface area contributed by atoms with Gasteiger partial charge in [0.1, 0.15) is 5.60 Å². The molecule has 0 aliphatic carbocycles. The Labute approximate surface area is 101 Å². The van der Waals surface area contributed by atoms with Gasteiger partial charge in [-0.25, -0.2) is 4.79 Å². The van der Waals surface area contributed by atoms with Crippen LogP contribution in [-0.2, 0) is 19.9 Å². The quantitative estimate of drug-likeness (QED) is 0.444. The number of hydrogen-bond donors (Lipinski definition) is 0. The van der Waals surface area contributed by atoms with E-state index in [-0.39, 0.29) is 17.7 Å². The molecular formula is C14H16O3. The second kappa shape index (κ2) is 4.72. The second-order valence-electron chi connectivity index (χ2n) is 4.24. The van der Waals surface area contributed by atoms with Gasteiger partial charge in [0.15, 0.2) is 0 Å². The number of ether oxygens (including phenoxy) is 2. The van der Waals surface area contributed by atoms with Crippen molar-refractivity contribution in [2.75, 3.05) is 6.61 Å². The molecule has 2 unspecified atom stereocenters. The molecule has 2 rings (SSSR count). The van der Waals surface area contributed by atoms with Gasteiger partial charge in [0.05, 0.1) is 12.7 Å². The third-order valence-electron chi connectivity index (χ3n) is 3.08. The van der Waals surface area contributed by atoms with E-state index in [0.29, 0.717) is 13.0 Å². The summed E-state index contributed by atoms with van der Waals surface area (Å²) in [6.45, 7) is 5.78. The van der Waals surface area contributed by atoms with E-state index in [1.165, 1.54) is 11.6 Å². The van der Waals surface area contributed by atoms with E-state index >= 15 is 0 Å². The molecule has 1 heterocycles. The SMILES string of the molecule is C=CC(=O)OCCC1OC1(C)c1ccccc1. The molecule has 1 aromatic rings. The van der Waals surface area contributed by atoms with Crippen LogP contribution in [0.5, 0.6) is 0 Å². The van der Waals surface area contributed by atoms with Crippen LogP contribution in [0.4, 0.5) is 0 Å². The van der Waals surface area contributed by atoms with Crippen molar-refractivity contribution in [3.8, 4) is 0 Å². The number of hydrogen-bond acceptors (Lipinski definition) is 3. The molecule has 0 saturated carbocycles. The maximum atomic E-state index is 10.9. The first-order chi connectivity index (χ1) is 8.16. The van der Waals surface area contributed by atoms with Crippen LogP contribution in [0, 0.1) is 0 Å². The van der Waals surface area contributed by atoms with E-state index in [4.69, 9.17) is 9.47 Å². The van der Waals surface area contributed by atoms with Gasteiger partial charge in [-0.3, -0.25) is 0 Å². The van der Waals surface area contributed by atoms with Gasteiger partial charge in [-0.1, -0.05) is 36.9 Å². The molecule has 1 fully saturated rings. The van der Waals surface area contributed by atoms with E-state index < -0.39 is 0 Å². The van der Waals surface area contributed by atoms with Gasteiger partial charge in [-0.2, -0.15) is 0 Å². The van der Waals surface area contributed by atoms with Crippen LogP contribution in [0.25, 0.3) is 0 Å². The Balaban J connectivity index is 1.83. The van der Waals surface area contributed by atoms with E-state index in [2.05, 4.69) is 25.6 Å². The maximum absolute atomic E-state index is 10.9. The zero-order valence-corrected chi connectivity index (χ0v) is 9.89. The maximum Gasteiger partial charge on any atom is 0.330 e. The fourth-order valence-electron chi connectivity index (χ4n) is 1.94. The molecule has 0 radical (unpaired) electrons. The molecule has 0 N–H and O–H groups in total. The minimum Gasteiger partial charge on any atom is -0.462 e. The highest BCUT2D eigenvalue weighted by Crippen LogP contribution is 2.47. The summed E-state index contributed by atoms with van der Waals surface area (Å²) in [5.41, 5.74) is 0.946. The van der Waals surface area contributed by atoms with Crippen LogP contribution < -0.4 is 0 Å². The summed E-state index contributed by atoms with van der Waals surface area (Å²) in [6, 6.07) is 10.1. The predicted molar refractivity (Wildman–Crippen MR) is 64.4 cm³/mol. The van der Waals surface area contributed by atoms with Gasteiger partial charge in [0, 0.05) is 12.5 Å². The molecule has 1 aliphatic rings. The van der Waals surface area contributed by atoms with Crippen LogP contribution in [0.2, 0.25) is 0 Å². The Morgan fingerprint density at radius 3 is 2.88 bits per heavy atom. The lowest BCUT2D eigenvalue weighted by molar-refractivity contribution is -0.137. The fraction of sp³-hybridized carbons (Fsp3) is 0.357. The second-order valence-corrected chi connectivity index (χ2v) is 4.24. The highest BCUT2D eigenvalue weighted by Gasteiger charge is 2.52. The molecule has 1 aromatic carbocycles. The van der Waals surface area contributed by atoms with E-state index in [1.807, 2.05) is 18.2 Å². The first kappa shape index (κ1) is 11.9. The third kappa shape index (κ3) is 2.56. The Morgan fingerprint density at radius 2 is 2.24 bits per heavy atom. The average Bonchev–Trinajstić information content (AvgIpc) is 3.03. The molecule has 3 nitrogen and oxygen atoms in total. The topological polar surface area (TPSA) is 38.8 Å². The van der Waals surface area contributed by atoms with Crippen molar-refractivity contribution in [2.45, 2.75) is 25.0 Å². The highest BCUT2D eigenvalue weighted by atomic mass is 16.6. The third-order valence-corrected chi connectivity index (χ3v) is 3.08. The van der Waals surface area contributed by atoms with Crippen LogP contribution in [0.15, 0.2) is 43.0 Å². The summed E-state index contributed by atoms with van der Waals surface area (Å²) in [6.07, 6.45) is 2.01. The van der Waals surface area contributed by atoms with Gasteiger partial charge >= 0.3 is 5.97 Å². The van der Waals surface area contributed by atoms with Gasteiger partial charge in [-0.05, 0) is 12.5 Å². The summed E-state index contributed by atoms with van der Waals surface area (Å²) >= 11 is 0. The fourth-order valence-corrected chi connectivity index (χ4v) is 1.94. The van der Waals surface area contributed by atoms with Crippen molar-refractivity contribution in [1.82, 2.24) is 0 Å². The number of esters is 1. The molecule has 0 bridgehead atoms. The lowest BCUT2D eigenvalue weighted by atomic mass is 9.96. The van der Waals surface area contributed by atoms with Crippen molar-refractivity contribution in [3.63, 3.8) is 0 Å². The van der Waals surface area contributed by atoms with Crippen molar-refractivity contribution in [2.24, 2.45) is 0 Å². The number of carbonyl (C=O) groups excluding carboxylic acids is 1. The number of rotatable bonds is 5. The molecule has 3 heteroatoms. The van der Waals surface area contributed by atoms with E-state index in [0.717, 1.165) is 0 Å². The largest absolute Gasteiger partial charge is 0.462 e. The van der Waals surface area contributed by atoms with Gasteiger partial charge in [0.2, 0.25) is 0 Å². The van der Waals surface area contributed by atoms with E-state index in [9.17, 15) is 4.79 Å². The zero-order chi connectivity index (χ0) is 12.3. The molecule has 2 atom stereocenters.